The van der Waals surface area contributed by atoms with E-state index >= 15 is 0 Å². The fraction of sp³-hybridized carbons (Fsp3) is 0. The minimum Gasteiger partial charge on any atom is -0.207 e. The molecular weight excluding hydrogens is 260 g/mol. The first-order valence-electron chi connectivity index (χ1n) is 4.77. The number of halogens is 3. The Morgan fingerprint density at radius 2 is 1.76 bits per heavy atom. The quantitative estimate of drug-likeness (QED) is 0.735. The van der Waals surface area contributed by atoms with Crippen molar-refractivity contribution in [2.45, 2.75) is 0 Å². The minimum atomic E-state index is -0.412. The molecule has 17 heavy (non-hydrogen) atoms. The Bertz CT molecular complexity index is 617. The molecule has 0 saturated carbocycles. The molecule has 0 N–H and O–H groups in total. The Morgan fingerprint density at radius 3 is 2.41 bits per heavy atom. The van der Waals surface area contributed by atoms with Crippen LogP contribution in [0.25, 0.3) is 11.1 Å². The van der Waals surface area contributed by atoms with Crippen LogP contribution in [0.5, 0.6) is 0 Å². The van der Waals surface area contributed by atoms with Gasteiger partial charge >= 0.3 is 0 Å². The first-order chi connectivity index (χ1) is 8.11. The van der Waals surface area contributed by atoms with Crippen molar-refractivity contribution >= 4 is 23.2 Å². The van der Waals surface area contributed by atoms with Gasteiger partial charge in [-0.1, -0.05) is 29.3 Å². The van der Waals surface area contributed by atoms with Crippen LogP contribution in [-0.2, 0) is 0 Å². The first-order valence-corrected chi connectivity index (χ1v) is 5.52. The van der Waals surface area contributed by atoms with Gasteiger partial charge in [0.25, 0.3) is 0 Å². The largest absolute Gasteiger partial charge is 0.207 e. The van der Waals surface area contributed by atoms with Crippen LogP contribution in [0.1, 0.15) is 5.56 Å². The Labute approximate surface area is 108 Å². The van der Waals surface area contributed by atoms with E-state index in [0.717, 1.165) is 0 Å². The third-order valence-electron chi connectivity index (χ3n) is 2.32. The molecule has 2 aromatic carbocycles. The number of hydrogen-bond acceptors (Lipinski definition) is 1. The molecule has 2 rings (SSSR count). The zero-order chi connectivity index (χ0) is 12.4. The highest BCUT2D eigenvalue weighted by molar-refractivity contribution is 6.36. The average Bonchev–Trinajstić information content (AvgIpc) is 2.29. The molecule has 1 nitrogen and oxygen atoms in total. The molecule has 0 aliphatic heterocycles. The third kappa shape index (κ3) is 2.41. The van der Waals surface area contributed by atoms with E-state index in [1.807, 2.05) is 6.07 Å². The van der Waals surface area contributed by atoms with Gasteiger partial charge in [0.2, 0.25) is 0 Å². The van der Waals surface area contributed by atoms with Crippen LogP contribution >= 0.6 is 23.2 Å². The van der Waals surface area contributed by atoms with Crippen molar-refractivity contribution in [1.29, 1.82) is 5.26 Å². The molecule has 0 heterocycles. The van der Waals surface area contributed by atoms with E-state index in [4.69, 9.17) is 28.5 Å². The van der Waals surface area contributed by atoms with Crippen molar-refractivity contribution in [1.82, 2.24) is 0 Å². The maximum Gasteiger partial charge on any atom is 0.123 e. The minimum absolute atomic E-state index is 0.371. The maximum atomic E-state index is 13.2. The summed E-state index contributed by atoms with van der Waals surface area (Å²) in [7, 11) is 0. The Hall–Kier alpha value is -1.56. The lowest BCUT2D eigenvalue weighted by atomic mass is 10.0. The molecule has 0 aliphatic carbocycles. The van der Waals surface area contributed by atoms with Gasteiger partial charge in [0.05, 0.1) is 11.6 Å². The summed E-state index contributed by atoms with van der Waals surface area (Å²) >= 11 is 11.8. The van der Waals surface area contributed by atoms with E-state index in [-0.39, 0.29) is 0 Å². The van der Waals surface area contributed by atoms with Crippen molar-refractivity contribution in [2.75, 3.05) is 0 Å². The van der Waals surface area contributed by atoms with Crippen molar-refractivity contribution in [3.05, 3.63) is 57.8 Å². The molecule has 4 heteroatoms. The van der Waals surface area contributed by atoms with Crippen LogP contribution in [-0.4, -0.2) is 0 Å². The molecule has 0 amide bonds. The fourth-order valence-corrected chi connectivity index (χ4v) is 2.06. The normalized spacial score (nSPS) is 10.0. The molecule has 0 saturated heterocycles. The summed E-state index contributed by atoms with van der Waals surface area (Å²) in [6, 6.07) is 10.8. The average molecular weight is 266 g/mol. The smallest absolute Gasteiger partial charge is 0.123 e. The van der Waals surface area contributed by atoms with Crippen molar-refractivity contribution in [2.24, 2.45) is 0 Å². The highest BCUT2D eigenvalue weighted by Gasteiger charge is 2.10. The predicted octanol–water partition coefficient (Wildman–Crippen LogP) is 4.67. The maximum absolute atomic E-state index is 13.2. The summed E-state index contributed by atoms with van der Waals surface area (Å²) in [6.45, 7) is 0. The first kappa shape index (κ1) is 11.9. The lowest BCUT2D eigenvalue weighted by Gasteiger charge is -2.07. The molecule has 2 aromatic rings. The number of benzene rings is 2. The van der Waals surface area contributed by atoms with E-state index in [0.29, 0.717) is 26.7 Å². The predicted molar refractivity (Wildman–Crippen MR) is 66.6 cm³/mol. The van der Waals surface area contributed by atoms with Gasteiger partial charge in [0.15, 0.2) is 0 Å². The zero-order valence-corrected chi connectivity index (χ0v) is 10.1. The van der Waals surface area contributed by atoms with Crippen molar-refractivity contribution in [3.8, 4) is 17.2 Å². The van der Waals surface area contributed by atoms with E-state index in [2.05, 4.69) is 0 Å². The monoisotopic (exact) mass is 265 g/mol. The second-order valence-corrected chi connectivity index (χ2v) is 4.27. The molecule has 0 spiro atoms. The lowest BCUT2D eigenvalue weighted by molar-refractivity contribution is 0.628. The molecule has 0 bridgehead atoms. The summed E-state index contributed by atoms with van der Waals surface area (Å²) in [4.78, 5) is 0. The lowest BCUT2D eigenvalue weighted by Crippen LogP contribution is -1.87. The second kappa shape index (κ2) is 4.75. The van der Waals surface area contributed by atoms with Crippen LogP contribution < -0.4 is 0 Å². The van der Waals surface area contributed by atoms with E-state index in [1.165, 1.54) is 18.2 Å². The molecular formula is C13H6Cl2FN. The van der Waals surface area contributed by atoms with Crippen LogP contribution in [0.3, 0.4) is 0 Å². The summed E-state index contributed by atoms with van der Waals surface area (Å²) in [6.07, 6.45) is 0. The molecule has 0 unspecified atom stereocenters. The summed E-state index contributed by atoms with van der Waals surface area (Å²) in [5.41, 5.74) is 1.43. The Morgan fingerprint density at radius 1 is 1.00 bits per heavy atom. The molecule has 0 aliphatic rings. The van der Waals surface area contributed by atoms with Crippen LogP contribution in [0, 0.1) is 17.1 Å². The number of hydrogen-bond donors (Lipinski definition) is 0. The van der Waals surface area contributed by atoms with E-state index < -0.39 is 5.82 Å². The Balaban J connectivity index is 2.68. The number of nitriles is 1. The van der Waals surface area contributed by atoms with E-state index in [9.17, 15) is 4.39 Å². The van der Waals surface area contributed by atoms with E-state index in [1.54, 1.807) is 18.2 Å². The van der Waals surface area contributed by atoms with Crippen LogP contribution in [0.2, 0.25) is 10.0 Å². The van der Waals surface area contributed by atoms with Crippen molar-refractivity contribution in [3.63, 3.8) is 0 Å². The second-order valence-electron chi connectivity index (χ2n) is 3.43. The molecule has 0 radical (unpaired) electrons. The van der Waals surface area contributed by atoms with Gasteiger partial charge in [-0.05, 0) is 30.3 Å². The molecule has 0 atom stereocenters. The molecule has 0 fully saturated rings. The van der Waals surface area contributed by atoms with Gasteiger partial charge in [-0.3, -0.25) is 0 Å². The molecule has 0 aromatic heterocycles. The van der Waals surface area contributed by atoms with Crippen LogP contribution in [0.4, 0.5) is 4.39 Å². The number of rotatable bonds is 1. The molecule has 84 valence electrons. The van der Waals surface area contributed by atoms with Gasteiger partial charge in [-0.15, -0.1) is 0 Å². The van der Waals surface area contributed by atoms with Gasteiger partial charge in [0, 0.05) is 21.2 Å². The summed E-state index contributed by atoms with van der Waals surface area (Å²) in [5, 5.41) is 9.86. The van der Waals surface area contributed by atoms with Gasteiger partial charge in [0.1, 0.15) is 5.82 Å². The summed E-state index contributed by atoms with van der Waals surface area (Å²) in [5.74, 6) is -0.412. The zero-order valence-electron chi connectivity index (χ0n) is 8.55. The van der Waals surface area contributed by atoms with Gasteiger partial charge in [-0.25, -0.2) is 4.39 Å². The fourth-order valence-electron chi connectivity index (χ4n) is 1.54. The Kier molecular flexibility index (Phi) is 3.33. The highest BCUT2D eigenvalue weighted by Crippen LogP contribution is 2.32. The van der Waals surface area contributed by atoms with Crippen molar-refractivity contribution < 1.29 is 4.39 Å². The third-order valence-corrected chi connectivity index (χ3v) is 2.87. The van der Waals surface area contributed by atoms with Gasteiger partial charge < -0.3 is 0 Å². The SMILES string of the molecule is N#Cc1ccc(F)cc1-c1ccc(Cl)cc1Cl. The van der Waals surface area contributed by atoms with Gasteiger partial charge in [-0.2, -0.15) is 5.26 Å². The highest BCUT2D eigenvalue weighted by atomic mass is 35.5. The van der Waals surface area contributed by atoms with Crippen LogP contribution in [0.15, 0.2) is 36.4 Å². The standard InChI is InChI=1S/C13H6Cl2FN/c14-9-2-4-11(13(15)5-9)12-6-10(16)3-1-8(12)7-17/h1-6H. The summed E-state index contributed by atoms with van der Waals surface area (Å²) < 4.78 is 13.2. The number of nitrogens with zero attached hydrogens (tertiary/aromatic N) is 1. The topological polar surface area (TPSA) is 23.8 Å².